The molecule has 0 fully saturated rings. The maximum absolute atomic E-state index is 5.43. The molecule has 0 saturated carbocycles. The molecule has 0 aliphatic carbocycles. The van der Waals surface area contributed by atoms with E-state index >= 15 is 0 Å². The number of nitrogen functional groups attached to an aromatic ring is 1. The lowest BCUT2D eigenvalue weighted by Gasteiger charge is -2.09. The minimum Gasteiger partial charge on any atom is -0.366 e. The van der Waals surface area contributed by atoms with E-state index in [1.807, 2.05) is 6.07 Å². The molecule has 2 aromatic rings. The number of nitrogens with zero attached hydrogens (tertiary/aromatic N) is 2. The third-order valence-corrected chi connectivity index (χ3v) is 3.73. The summed E-state index contributed by atoms with van der Waals surface area (Å²) in [6, 6.07) is 1.82. The lowest BCUT2D eigenvalue weighted by atomic mass is 10.2. The molecule has 0 saturated heterocycles. The van der Waals surface area contributed by atoms with E-state index in [1.54, 1.807) is 11.3 Å². The molecule has 0 spiro atoms. The van der Waals surface area contributed by atoms with E-state index in [1.165, 1.54) is 11.1 Å². The van der Waals surface area contributed by atoms with Crippen molar-refractivity contribution in [1.82, 2.24) is 9.97 Å². The Balaban J connectivity index is 2.10. The summed E-state index contributed by atoms with van der Waals surface area (Å²) in [6.45, 7) is 4.98. The van der Waals surface area contributed by atoms with Gasteiger partial charge in [0.15, 0.2) is 0 Å². The van der Waals surface area contributed by atoms with Crippen LogP contribution in [0.25, 0.3) is 0 Å². The summed E-state index contributed by atoms with van der Waals surface area (Å²) in [6.07, 6.45) is 1.86. The Labute approximate surface area is 117 Å². The Morgan fingerprint density at radius 2 is 2.05 bits per heavy atom. The second kappa shape index (κ2) is 6.49. The number of anilines is 2. The van der Waals surface area contributed by atoms with Gasteiger partial charge in [-0.2, -0.15) is 11.3 Å². The number of nitrogens with one attached hydrogen (secondary N) is 2. The Kier molecular flexibility index (Phi) is 4.70. The molecule has 0 amide bonds. The molecule has 0 aliphatic rings. The number of hydrazine groups is 1. The van der Waals surface area contributed by atoms with Gasteiger partial charge in [-0.1, -0.05) is 6.92 Å². The van der Waals surface area contributed by atoms with Gasteiger partial charge in [-0.3, -0.25) is 0 Å². The summed E-state index contributed by atoms with van der Waals surface area (Å²) in [4.78, 5) is 8.80. The Morgan fingerprint density at radius 3 is 2.68 bits per heavy atom. The third kappa shape index (κ3) is 3.65. The highest BCUT2D eigenvalue weighted by Gasteiger charge is 2.04. The van der Waals surface area contributed by atoms with Crippen molar-refractivity contribution in [3.63, 3.8) is 0 Å². The fourth-order valence-electron chi connectivity index (χ4n) is 1.75. The van der Waals surface area contributed by atoms with Crippen LogP contribution in [0.4, 0.5) is 11.6 Å². The van der Waals surface area contributed by atoms with Crippen molar-refractivity contribution in [2.45, 2.75) is 33.2 Å². The van der Waals surface area contributed by atoms with Crippen molar-refractivity contribution >= 4 is 23.0 Å². The van der Waals surface area contributed by atoms with Gasteiger partial charge in [-0.25, -0.2) is 15.8 Å². The number of thiophene rings is 1. The Hall–Kier alpha value is -1.66. The zero-order valence-electron chi connectivity index (χ0n) is 11.2. The highest BCUT2D eigenvalue weighted by molar-refractivity contribution is 7.08. The minimum atomic E-state index is 0.642. The molecule has 0 unspecified atom stereocenters. The van der Waals surface area contributed by atoms with Gasteiger partial charge in [-0.15, -0.1) is 0 Å². The Bertz CT molecular complexity index is 538. The van der Waals surface area contributed by atoms with Gasteiger partial charge in [0.05, 0.1) is 0 Å². The number of hydrogen-bond donors (Lipinski definition) is 3. The van der Waals surface area contributed by atoms with Crippen molar-refractivity contribution in [3.05, 3.63) is 33.8 Å². The maximum Gasteiger partial charge on any atom is 0.145 e. The van der Waals surface area contributed by atoms with Crippen LogP contribution in [0.5, 0.6) is 0 Å². The summed E-state index contributed by atoms with van der Waals surface area (Å²) in [7, 11) is 0. The molecule has 102 valence electrons. The molecule has 6 heteroatoms. The first kappa shape index (κ1) is 13.8. The molecule has 2 rings (SSSR count). The van der Waals surface area contributed by atoms with Gasteiger partial charge in [0, 0.05) is 19.0 Å². The molecule has 5 nitrogen and oxygen atoms in total. The molecule has 0 aliphatic heterocycles. The predicted molar refractivity (Wildman–Crippen MR) is 80.2 cm³/mol. The van der Waals surface area contributed by atoms with E-state index < -0.39 is 0 Å². The first-order valence-electron chi connectivity index (χ1n) is 6.33. The Morgan fingerprint density at radius 1 is 1.26 bits per heavy atom. The molecule has 0 radical (unpaired) electrons. The molecule has 4 N–H and O–H groups in total. The van der Waals surface area contributed by atoms with Crippen molar-refractivity contribution in [1.29, 1.82) is 0 Å². The zero-order chi connectivity index (χ0) is 13.7. The van der Waals surface area contributed by atoms with Gasteiger partial charge in [-0.05, 0) is 35.2 Å². The molecule has 0 atom stereocenters. The van der Waals surface area contributed by atoms with Crippen LogP contribution in [0.2, 0.25) is 0 Å². The maximum atomic E-state index is 5.43. The van der Waals surface area contributed by atoms with E-state index in [2.05, 4.69) is 45.3 Å². The second-order valence-corrected chi connectivity index (χ2v) is 5.13. The number of hydrogen-bond acceptors (Lipinski definition) is 6. The van der Waals surface area contributed by atoms with E-state index in [4.69, 9.17) is 5.84 Å². The highest BCUT2D eigenvalue weighted by atomic mass is 32.1. The standard InChI is InChI=1S/C13H19N5S/c1-3-4-11-16-12(5-13(17-11)18-14)15-6-10-8-19-7-9(10)2/h5,7-8H,3-4,6,14H2,1-2H3,(H2,15,16,17,18). The highest BCUT2D eigenvalue weighted by Crippen LogP contribution is 2.17. The molecule has 2 heterocycles. The monoisotopic (exact) mass is 277 g/mol. The molecular weight excluding hydrogens is 258 g/mol. The summed E-state index contributed by atoms with van der Waals surface area (Å²) in [5.41, 5.74) is 5.18. The number of aromatic nitrogens is 2. The second-order valence-electron chi connectivity index (χ2n) is 4.38. The molecule has 0 aromatic carbocycles. The summed E-state index contributed by atoms with van der Waals surface area (Å²) >= 11 is 1.72. The predicted octanol–water partition coefficient (Wildman–Crippen LogP) is 2.70. The molecule has 2 aromatic heterocycles. The summed E-state index contributed by atoms with van der Waals surface area (Å²) in [5, 5.41) is 7.62. The fourth-order valence-corrected chi connectivity index (χ4v) is 2.61. The van der Waals surface area contributed by atoms with Crippen LogP contribution < -0.4 is 16.6 Å². The summed E-state index contributed by atoms with van der Waals surface area (Å²) in [5.74, 6) is 7.68. The third-order valence-electron chi connectivity index (χ3n) is 2.82. The van der Waals surface area contributed by atoms with Gasteiger partial charge in [0.1, 0.15) is 17.5 Å². The van der Waals surface area contributed by atoms with Crippen LogP contribution in [0.3, 0.4) is 0 Å². The van der Waals surface area contributed by atoms with Crippen molar-refractivity contribution in [2.24, 2.45) is 5.84 Å². The quantitative estimate of drug-likeness (QED) is 0.559. The van der Waals surface area contributed by atoms with Crippen molar-refractivity contribution in [2.75, 3.05) is 10.7 Å². The van der Waals surface area contributed by atoms with E-state index in [9.17, 15) is 0 Å². The van der Waals surface area contributed by atoms with Crippen LogP contribution in [-0.2, 0) is 13.0 Å². The SMILES string of the molecule is CCCc1nc(NN)cc(NCc2cscc2C)n1. The fraction of sp³-hybridized carbons (Fsp3) is 0.385. The molecule has 0 bridgehead atoms. The number of aryl methyl sites for hydroxylation is 2. The van der Waals surface area contributed by atoms with Gasteiger partial charge in [0.2, 0.25) is 0 Å². The van der Waals surface area contributed by atoms with Crippen LogP contribution in [0.15, 0.2) is 16.8 Å². The van der Waals surface area contributed by atoms with E-state index in [0.29, 0.717) is 5.82 Å². The average molecular weight is 277 g/mol. The number of rotatable bonds is 6. The normalized spacial score (nSPS) is 10.5. The smallest absolute Gasteiger partial charge is 0.145 e. The van der Waals surface area contributed by atoms with Gasteiger partial charge >= 0.3 is 0 Å². The van der Waals surface area contributed by atoms with Crippen LogP contribution in [-0.4, -0.2) is 9.97 Å². The largest absolute Gasteiger partial charge is 0.366 e. The zero-order valence-corrected chi connectivity index (χ0v) is 12.0. The average Bonchev–Trinajstić information content (AvgIpc) is 2.82. The van der Waals surface area contributed by atoms with Gasteiger partial charge in [0.25, 0.3) is 0 Å². The van der Waals surface area contributed by atoms with Gasteiger partial charge < -0.3 is 10.7 Å². The van der Waals surface area contributed by atoms with Crippen LogP contribution in [0.1, 0.15) is 30.3 Å². The molecular formula is C13H19N5S. The van der Waals surface area contributed by atoms with Crippen molar-refractivity contribution in [3.8, 4) is 0 Å². The van der Waals surface area contributed by atoms with Crippen LogP contribution in [0, 0.1) is 6.92 Å². The number of nitrogens with two attached hydrogens (primary N) is 1. The topological polar surface area (TPSA) is 75.9 Å². The lowest BCUT2D eigenvalue weighted by molar-refractivity contribution is 0.834. The van der Waals surface area contributed by atoms with Crippen molar-refractivity contribution < 1.29 is 0 Å². The molecule has 19 heavy (non-hydrogen) atoms. The van der Waals surface area contributed by atoms with E-state index in [-0.39, 0.29) is 0 Å². The first-order chi connectivity index (χ1) is 9.22. The van der Waals surface area contributed by atoms with Crippen LogP contribution >= 0.6 is 11.3 Å². The lowest BCUT2D eigenvalue weighted by Crippen LogP contribution is -2.12. The van der Waals surface area contributed by atoms with E-state index in [0.717, 1.165) is 31.0 Å². The minimum absolute atomic E-state index is 0.642. The first-order valence-corrected chi connectivity index (χ1v) is 7.27. The summed E-state index contributed by atoms with van der Waals surface area (Å²) < 4.78 is 0.